The number of ether oxygens (including phenoxy) is 2. The first kappa shape index (κ1) is 30.4. The van der Waals surface area contributed by atoms with E-state index in [0.717, 1.165) is 47.4 Å². The summed E-state index contributed by atoms with van der Waals surface area (Å²) in [5.41, 5.74) is 4.48. The number of sulfonamides is 1. The van der Waals surface area contributed by atoms with E-state index in [4.69, 9.17) is 26.2 Å². The van der Waals surface area contributed by atoms with Crippen molar-refractivity contribution in [3.63, 3.8) is 0 Å². The molecule has 1 aliphatic carbocycles. The lowest BCUT2D eigenvalue weighted by Crippen LogP contribution is -2.32. The number of allylic oxidation sites excluding steroid dienone is 1. The first-order valence-corrected chi connectivity index (χ1v) is 16.4. The fraction of sp³-hybridized carbons (Fsp3) is 0.200. The molecule has 45 heavy (non-hydrogen) atoms. The van der Waals surface area contributed by atoms with Crippen LogP contribution in [0, 0.1) is 5.92 Å². The van der Waals surface area contributed by atoms with Crippen molar-refractivity contribution in [2.24, 2.45) is 11.0 Å². The van der Waals surface area contributed by atoms with Gasteiger partial charge in [-0.15, -0.1) is 0 Å². The molecule has 10 heteroatoms. The molecular formula is C35H32ClN3O5S. The molecule has 6 rings (SSSR count). The second kappa shape index (κ2) is 12.8. The lowest BCUT2D eigenvalue weighted by molar-refractivity contribution is 0.0680. The number of fused-ring (bicyclic) bond motifs is 1. The number of rotatable bonds is 8. The van der Waals surface area contributed by atoms with Crippen LogP contribution >= 0.6 is 11.6 Å². The number of hydrazone groups is 1. The topological polar surface area (TPSA) is 97.3 Å². The molecule has 0 spiro atoms. The molecule has 1 amide bonds. The maximum Gasteiger partial charge on any atom is 0.274 e. The van der Waals surface area contributed by atoms with Gasteiger partial charge in [-0.3, -0.25) is 9.52 Å². The summed E-state index contributed by atoms with van der Waals surface area (Å²) in [4.78, 5) is 14.2. The third-order valence-corrected chi connectivity index (χ3v) is 9.74. The van der Waals surface area contributed by atoms with Crippen LogP contribution < -0.4 is 14.2 Å². The van der Waals surface area contributed by atoms with Crippen LogP contribution in [0.3, 0.4) is 0 Å². The normalized spacial score (nSPS) is 18.7. The molecule has 2 atom stereocenters. The zero-order valence-electron chi connectivity index (χ0n) is 24.8. The first-order valence-electron chi connectivity index (χ1n) is 14.6. The highest BCUT2D eigenvalue weighted by molar-refractivity contribution is 7.92. The van der Waals surface area contributed by atoms with E-state index in [-0.39, 0.29) is 28.3 Å². The van der Waals surface area contributed by atoms with Gasteiger partial charge in [-0.05, 0) is 109 Å². The number of halogens is 1. The molecular weight excluding hydrogens is 610 g/mol. The molecule has 0 aromatic heterocycles. The molecule has 1 aliphatic heterocycles. The summed E-state index contributed by atoms with van der Waals surface area (Å²) in [6, 6.07) is 27.5. The second-order valence-corrected chi connectivity index (χ2v) is 13.1. The number of methoxy groups -OCH3 is 2. The number of carbonyl (C=O) groups excluding carboxylic acids is 1. The summed E-state index contributed by atoms with van der Waals surface area (Å²) in [6.45, 7) is 0. The molecule has 8 nitrogen and oxygen atoms in total. The minimum Gasteiger partial charge on any atom is -0.497 e. The van der Waals surface area contributed by atoms with Gasteiger partial charge in [0.2, 0.25) is 0 Å². The van der Waals surface area contributed by atoms with Gasteiger partial charge < -0.3 is 9.47 Å². The Hall–Kier alpha value is -4.60. The summed E-state index contributed by atoms with van der Waals surface area (Å²) >= 11 is 5.95. The third-order valence-electron chi connectivity index (χ3n) is 8.11. The molecule has 1 saturated carbocycles. The van der Waals surface area contributed by atoms with Crippen molar-refractivity contribution in [1.82, 2.24) is 5.01 Å². The maximum absolute atomic E-state index is 14.2. The lowest BCUT2D eigenvalue weighted by atomic mass is 9.77. The van der Waals surface area contributed by atoms with Gasteiger partial charge in [-0.1, -0.05) is 41.9 Å². The minimum absolute atomic E-state index is 0.0286. The van der Waals surface area contributed by atoms with Gasteiger partial charge in [0.1, 0.15) is 11.5 Å². The highest BCUT2D eigenvalue weighted by Crippen LogP contribution is 2.45. The molecule has 0 bridgehead atoms. The van der Waals surface area contributed by atoms with E-state index in [0.29, 0.717) is 16.5 Å². The minimum atomic E-state index is -3.98. The number of anilines is 1. The van der Waals surface area contributed by atoms with E-state index in [9.17, 15) is 13.2 Å². The van der Waals surface area contributed by atoms with Gasteiger partial charge in [0, 0.05) is 22.2 Å². The van der Waals surface area contributed by atoms with Gasteiger partial charge in [0.05, 0.1) is 30.9 Å². The molecule has 1 N–H and O–H groups in total. The monoisotopic (exact) mass is 641 g/mol. The number of amides is 1. The summed E-state index contributed by atoms with van der Waals surface area (Å²) in [7, 11) is -0.730. The molecule has 0 saturated heterocycles. The molecule has 0 radical (unpaired) electrons. The number of nitrogens with one attached hydrogen (secondary N) is 1. The first-order chi connectivity index (χ1) is 21.8. The predicted octanol–water partition coefficient (Wildman–Crippen LogP) is 7.59. The molecule has 4 aromatic rings. The quantitative estimate of drug-likeness (QED) is 0.214. The van der Waals surface area contributed by atoms with Crippen molar-refractivity contribution in [3.8, 4) is 11.5 Å². The van der Waals surface area contributed by atoms with E-state index in [1.54, 1.807) is 50.6 Å². The third kappa shape index (κ3) is 6.45. The van der Waals surface area contributed by atoms with Gasteiger partial charge in [0.15, 0.2) is 0 Å². The standard InChI is InChI=1S/C35H32ClN3O5S/c1-43-29-17-9-23(10-18-29)21-25-5-4-8-32-33(25)37-39(34(32)24-11-19-30(44-2)20-12-24)35(40)26-6-3-7-31(22-26)45(41,42)38-28-15-13-27(36)14-16-28/h3,6-7,9-22,32,34,38H,4-5,8H2,1-2H3/b25-21+/t32-,34+/m0/s1. The maximum atomic E-state index is 14.2. The smallest absolute Gasteiger partial charge is 0.274 e. The molecule has 1 heterocycles. The van der Waals surface area contributed by atoms with E-state index in [1.165, 1.54) is 17.1 Å². The Kier molecular flexibility index (Phi) is 8.65. The van der Waals surface area contributed by atoms with E-state index in [2.05, 4.69) is 10.8 Å². The fourth-order valence-electron chi connectivity index (χ4n) is 5.86. The largest absolute Gasteiger partial charge is 0.497 e. The summed E-state index contributed by atoms with van der Waals surface area (Å²) in [5, 5.41) is 6.98. The Morgan fingerprint density at radius 1 is 0.933 bits per heavy atom. The number of benzene rings is 4. The predicted molar refractivity (Wildman–Crippen MR) is 176 cm³/mol. The van der Waals surface area contributed by atoms with Crippen molar-refractivity contribution in [2.75, 3.05) is 18.9 Å². The van der Waals surface area contributed by atoms with E-state index < -0.39 is 10.0 Å². The average Bonchev–Trinajstić information content (AvgIpc) is 3.46. The van der Waals surface area contributed by atoms with Crippen LogP contribution in [0.1, 0.15) is 46.8 Å². The molecule has 2 aliphatic rings. The SMILES string of the molecule is COc1ccc(/C=C2\CCC[C@H]3C2=NN(C(=O)c2cccc(S(=O)(=O)Nc4ccc(Cl)cc4)c2)[C@@H]3c2ccc(OC)cc2)cc1. The highest BCUT2D eigenvalue weighted by Gasteiger charge is 2.44. The van der Waals surface area contributed by atoms with Crippen molar-refractivity contribution in [2.45, 2.75) is 30.2 Å². The Morgan fingerprint density at radius 2 is 1.60 bits per heavy atom. The van der Waals surface area contributed by atoms with Crippen LogP contribution in [0.4, 0.5) is 5.69 Å². The molecule has 230 valence electrons. The lowest BCUT2D eigenvalue weighted by Gasteiger charge is -2.30. The molecule has 0 unspecified atom stereocenters. The number of hydrogen-bond acceptors (Lipinski definition) is 6. The average molecular weight is 642 g/mol. The Labute approximate surface area is 268 Å². The van der Waals surface area contributed by atoms with Crippen LogP contribution in [0.25, 0.3) is 6.08 Å². The van der Waals surface area contributed by atoms with Crippen LogP contribution in [-0.4, -0.2) is 39.3 Å². The van der Waals surface area contributed by atoms with E-state index >= 15 is 0 Å². The van der Waals surface area contributed by atoms with Crippen LogP contribution in [-0.2, 0) is 10.0 Å². The number of nitrogens with zero attached hydrogens (tertiary/aromatic N) is 2. The number of carbonyl (C=O) groups is 1. The zero-order valence-corrected chi connectivity index (χ0v) is 26.4. The summed E-state index contributed by atoms with van der Waals surface area (Å²) in [5.74, 6) is 1.08. The van der Waals surface area contributed by atoms with Crippen molar-refractivity contribution in [1.29, 1.82) is 0 Å². The molecule has 1 fully saturated rings. The van der Waals surface area contributed by atoms with Crippen LogP contribution in [0.15, 0.2) is 113 Å². The van der Waals surface area contributed by atoms with Crippen LogP contribution in [0.5, 0.6) is 11.5 Å². The Morgan fingerprint density at radius 3 is 2.27 bits per heavy atom. The summed E-state index contributed by atoms with van der Waals surface area (Å²) in [6.07, 6.45) is 4.77. The zero-order chi connectivity index (χ0) is 31.6. The van der Waals surface area contributed by atoms with Gasteiger partial charge in [-0.25, -0.2) is 13.4 Å². The molecule has 4 aromatic carbocycles. The Balaban J connectivity index is 1.36. The van der Waals surface area contributed by atoms with Crippen molar-refractivity contribution >= 4 is 45.0 Å². The van der Waals surface area contributed by atoms with Gasteiger partial charge in [-0.2, -0.15) is 5.10 Å². The van der Waals surface area contributed by atoms with Crippen molar-refractivity contribution < 1.29 is 22.7 Å². The summed E-state index contributed by atoms with van der Waals surface area (Å²) < 4.78 is 39.8. The van der Waals surface area contributed by atoms with Crippen molar-refractivity contribution in [3.05, 3.63) is 124 Å². The van der Waals surface area contributed by atoms with Gasteiger partial charge >= 0.3 is 0 Å². The second-order valence-electron chi connectivity index (χ2n) is 10.9. The number of hydrogen-bond donors (Lipinski definition) is 1. The van der Waals surface area contributed by atoms with Crippen LogP contribution in [0.2, 0.25) is 5.02 Å². The fourth-order valence-corrected chi connectivity index (χ4v) is 7.09. The van der Waals surface area contributed by atoms with E-state index in [1.807, 2.05) is 48.5 Å². The van der Waals surface area contributed by atoms with Gasteiger partial charge in [0.25, 0.3) is 15.9 Å². The highest BCUT2D eigenvalue weighted by atomic mass is 35.5. The Bertz CT molecular complexity index is 1870.